The highest BCUT2D eigenvalue weighted by atomic mass is 127. The Hall–Kier alpha value is -0.0800. The van der Waals surface area contributed by atoms with Crippen LogP contribution < -0.4 is 10.6 Å². The number of hydrogen-bond acceptors (Lipinski definition) is 3. The van der Waals surface area contributed by atoms with Crippen molar-refractivity contribution in [2.75, 3.05) is 13.2 Å². The maximum Gasteiger partial charge on any atom is 0.191 e. The van der Waals surface area contributed by atoms with E-state index in [0.29, 0.717) is 24.1 Å². The zero-order valence-electron chi connectivity index (χ0n) is 14.5. The number of nitrogens with zero attached hydrogens (tertiary/aromatic N) is 1. The van der Waals surface area contributed by atoms with Gasteiger partial charge in [-0.15, -0.1) is 24.0 Å². The summed E-state index contributed by atoms with van der Waals surface area (Å²) in [5.74, 6) is 1.55. The summed E-state index contributed by atoms with van der Waals surface area (Å²) < 4.78 is 5.87. The molecule has 3 atom stereocenters. The maximum absolute atomic E-state index is 9.64. The van der Waals surface area contributed by atoms with E-state index in [2.05, 4.69) is 36.4 Å². The molecule has 0 aromatic rings. The van der Waals surface area contributed by atoms with E-state index in [1.807, 2.05) is 0 Å². The van der Waals surface area contributed by atoms with Gasteiger partial charge < -0.3 is 20.5 Å². The summed E-state index contributed by atoms with van der Waals surface area (Å²) in [6.45, 7) is 8.32. The van der Waals surface area contributed by atoms with Crippen molar-refractivity contribution in [3.8, 4) is 0 Å². The number of aliphatic hydroxyl groups excluding tert-OH is 1. The highest BCUT2D eigenvalue weighted by molar-refractivity contribution is 14.0. The molecule has 3 unspecified atom stereocenters. The molecular formula is C17H32IN3O2. The Kier molecular flexibility index (Phi) is 6.58. The first-order chi connectivity index (χ1) is 10.5. The molecule has 2 saturated carbocycles. The third kappa shape index (κ3) is 3.95. The van der Waals surface area contributed by atoms with Gasteiger partial charge in [0.15, 0.2) is 5.96 Å². The van der Waals surface area contributed by atoms with Crippen LogP contribution in [-0.4, -0.2) is 48.5 Å². The van der Waals surface area contributed by atoms with E-state index in [9.17, 15) is 5.11 Å². The average Bonchev–Trinajstić information content (AvgIpc) is 2.94. The maximum atomic E-state index is 9.64. The standard InChI is InChI=1S/C17H31N3O2.HI/c1-4-18-16(19-11-5-7-12(21)8-6-11)20-14-13-9-10-22-15(13)17(14,2)3;/h11-15,21H,4-10H2,1-3H3,(H2,18,19,20);1H. The Balaban J connectivity index is 0.00000192. The molecule has 0 radical (unpaired) electrons. The first-order valence-corrected chi connectivity index (χ1v) is 8.89. The van der Waals surface area contributed by atoms with Gasteiger partial charge in [0.25, 0.3) is 0 Å². The molecule has 1 saturated heterocycles. The van der Waals surface area contributed by atoms with Crippen LogP contribution in [0, 0.1) is 11.3 Å². The summed E-state index contributed by atoms with van der Waals surface area (Å²) in [5.41, 5.74) is 0.167. The molecule has 1 aliphatic heterocycles. The van der Waals surface area contributed by atoms with Gasteiger partial charge in [-0.25, -0.2) is 0 Å². The van der Waals surface area contributed by atoms with Crippen molar-refractivity contribution in [2.45, 2.75) is 77.2 Å². The van der Waals surface area contributed by atoms with Crippen LogP contribution in [0.2, 0.25) is 0 Å². The number of fused-ring (bicyclic) bond motifs is 1. The van der Waals surface area contributed by atoms with E-state index < -0.39 is 0 Å². The molecule has 0 aromatic carbocycles. The molecule has 3 fully saturated rings. The monoisotopic (exact) mass is 437 g/mol. The topological polar surface area (TPSA) is 65.9 Å². The number of rotatable bonds is 3. The Labute approximate surface area is 157 Å². The second kappa shape index (κ2) is 7.87. The van der Waals surface area contributed by atoms with Gasteiger partial charge in [0.05, 0.1) is 12.2 Å². The molecule has 6 heteroatoms. The number of aliphatic hydroxyl groups is 1. The van der Waals surface area contributed by atoms with Crippen molar-refractivity contribution in [3.05, 3.63) is 0 Å². The summed E-state index contributed by atoms with van der Waals surface area (Å²) in [6, 6.07) is 0.868. The summed E-state index contributed by atoms with van der Waals surface area (Å²) in [6.07, 6.45) is 5.27. The zero-order valence-corrected chi connectivity index (χ0v) is 16.9. The largest absolute Gasteiger partial charge is 0.393 e. The van der Waals surface area contributed by atoms with Gasteiger partial charge in [-0.2, -0.15) is 0 Å². The number of aliphatic imine (C=N–C) groups is 1. The predicted molar refractivity (Wildman–Crippen MR) is 103 cm³/mol. The molecule has 23 heavy (non-hydrogen) atoms. The van der Waals surface area contributed by atoms with Crippen molar-refractivity contribution < 1.29 is 9.84 Å². The second-order valence-electron chi connectivity index (χ2n) is 7.66. The van der Waals surface area contributed by atoms with Crippen molar-refractivity contribution in [2.24, 2.45) is 16.3 Å². The molecule has 1 heterocycles. The minimum Gasteiger partial charge on any atom is -0.393 e. The minimum atomic E-state index is -0.112. The molecule has 3 rings (SSSR count). The first-order valence-electron chi connectivity index (χ1n) is 8.89. The number of nitrogens with one attached hydrogen (secondary N) is 2. The molecule has 0 aromatic heterocycles. The summed E-state index contributed by atoms with van der Waals surface area (Å²) in [7, 11) is 0. The number of hydrogen-bond donors (Lipinski definition) is 3. The lowest BCUT2D eigenvalue weighted by atomic mass is 9.57. The highest BCUT2D eigenvalue weighted by Gasteiger charge is 2.59. The molecule has 2 aliphatic carbocycles. The quantitative estimate of drug-likeness (QED) is 0.360. The Morgan fingerprint density at radius 2 is 1.87 bits per heavy atom. The van der Waals surface area contributed by atoms with Crippen LogP contribution in [0.5, 0.6) is 0 Å². The van der Waals surface area contributed by atoms with E-state index in [1.165, 1.54) is 0 Å². The molecule has 5 nitrogen and oxygen atoms in total. The van der Waals surface area contributed by atoms with Crippen LogP contribution in [0.1, 0.15) is 52.9 Å². The van der Waals surface area contributed by atoms with Crippen LogP contribution in [0.25, 0.3) is 0 Å². The Bertz CT molecular complexity index is 422. The van der Waals surface area contributed by atoms with Gasteiger partial charge in [0.1, 0.15) is 0 Å². The zero-order chi connectivity index (χ0) is 15.7. The Morgan fingerprint density at radius 1 is 1.17 bits per heavy atom. The van der Waals surface area contributed by atoms with Crippen molar-refractivity contribution in [1.29, 1.82) is 0 Å². The van der Waals surface area contributed by atoms with Crippen molar-refractivity contribution in [3.63, 3.8) is 0 Å². The summed E-state index contributed by atoms with van der Waals surface area (Å²) >= 11 is 0. The van der Waals surface area contributed by atoms with Gasteiger partial charge in [0.2, 0.25) is 0 Å². The number of halogens is 1. The van der Waals surface area contributed by atoms with Gasteiger partial charge in [-0.3, -0.25) is 4.99 Å². The van der Waals surface area contributed by atoms with E-state index >= 15 is 0 Å². The third-order valence-electron chi connectivity index (χ3n) is 5.75. The molecule has 3 N–H and O–H groups in total. The SMILES string of the molecule is CCN=C(NC1CCC(O)CC1)NC1C2CCOC2C1(C)C.I. The van der Waals surface area contributed by atoms with Gasteiger partial charge in [-0.1, -0.05) is 13.8 Å². The molecule has 0 amide bonds. The molecule has 0 bridgehead atoms. The van der Waals surface area contributed by atoms with Crippen LogP contribution >= 0.6 is 24.0 Å². The molecule has 3 aliphatic rings. The second-order valence-corrected chi connectivity index (χ2v) is 7.66. The lowest BCUT2D eigenvalue weighted by molar-refractivity contribution is -0.106. The lowest BCUT2D eigenvalue weighted by Gasteiger charge is -2.55. The highest BCUT2D eigenvalue weighted by Crippen LogP contribution is 2.52. The van der Waals surface area contributed by atoms with Crippen LogP contribution in [0.4, 0.5) is 0 Å². The van der Waals surface area contributed by atoms with E-state index in [-0.39, 0.29) is 35.5 Å². The van der Waals surface area contributed by atoms with E-state index in [0.717, 1.165) is 51.2 Å². The summed E-state index contributed by atoms with van der Waals surface area (Å²) in [5, 5.41) is 16.9. The molecule has 134 valence electrons. The lowest BCUT2D eigenvalue weighted by Crippen LogP contribution is -2.68. The number of ether oxygens (including phenoxy) is 1. The normalized spacial score (nSPS) is 39.0. The van der Waals surface area contributed by atoms with Gasteiger partial charge >= 0.3 is 0 Å². The first kappa shape index (κ1) is 19.2. The Morgan fingerprint density at radius 3 is 2.52 bits per heavy atom. The smallest absolute Gasteiger partial charge is 0.191 e. The fourth-order valence-electron chi connectivity index (χ4n) is 4.47. The fraction of sp³-hybridized carbons (Fsp3) is 0.941. The van der Waals surface area contributed by atoms with Gasteiger partial charge in [0, 0.05) is 36.6 Å². The third-order valence-corrected chi connectivity index (χ3v) is 5.75. The van der Waals surface area contributed by atoms with Crippen LogP contribution in [0.3, 0.4) is 0 Å². The van der Waals surface area contributed by atoms with Crippen LogP contribution in [0.15, 0.2) is 4.99 Å². The van der Waals surface area contributed by atoms with Crippen LogP contribution in [-0.2, 0) is 4.74 Å². The molecular weight excluding hydrogens is 405 g/mol. The number of guanidine groups is 1. The van der Waals surface area contributed by atoms with Crippen molar-refractivity contribution in [1.82, 2.24) is 10.6 Å². The van der Waals surface area contributed by atoms with E-state index in [1.54, 1.807) is 0 Å². The fourth-order valence-corrected chi connectivity index (χ4v) is 4.47. The predicted octanol–water partition coefficient (Wildman–Crippen LogP) is 2.28. The van der Waals surface area contributed by atoms with Crippen molar-refractivity contribution >= 4 is 29.9 Å². The van der Waals surface area contributed by atoms with Gasteiger partial charge in [-0.05, 0) is 39.0 Å². The van der Waals surface area contributed by atoms with E-state index in [4.69, 9.17) is 4.74 Å². The average molecular weight is 437 g/mol. The minimum absolute atomic E-state index is 0. The molecule has 0 spiro atoms. The summed E-state index contributed by atoms with van der Waals surface area (Å²) in [4.78, 5) is 4.63.